The van der Waals surface area contributed by atoms with Crippen LogP contribution in [0.2, 0.25) is 0 Å². The zero-order chi connectivity index (χ0) is 36.0. The van der Waals surface area contributed by atoms with Crippen LogP contribution in [0.3, 0.4) is 0 Å². The summed E-state index contributed by atoms with van der Waals surface area (Å²) in [6.45, 7) is 5.30. The van der Waals surface area contributed by atoms with Gasteiger partial charge in [-0.1, -0.05) is 130 Å². The minimum Gasteiger partial charge on any atom is -0.481 e. The number of methoxy groups -OCH3 is 1. The molecule has 0 saturated heterocycles. The lowest BCUT2D eigenvalue weighted by Gasteiger charge is -2.47. The van der Waals surface area contributed by atoms with E-state index in [-0.39, 0.29) is 23.5 Å². The van der Waals surface area contributed by atoms with Crippen molar-refractivity contribution in [3.05, 3.63) is 164 Å². The Hall–Kier alpha value is -4.05. The first kappa shape index (κ1) is 35.4. The molecule has 3 atom stereocenters. The van der Waals surface area contributed by atoms with E-state index in [2.05, 4.69) is 62.6 Å². The number of hydrogen-bond donors (Lipinski definition) is 2. The number of nitrogens with one attached hydrogen (secondary N) is 1. The van der Waals surface area contributed by atoms with Gasteiger partial charge >= 0.3 is 0 Å². The number of benzene rings is 4. The zero-order valence-corrected chi connectivity index (χ0v) is 31.4. The van der Waals surface area contributed by atoms with Gasteiger partial charge in [0.25, 0.3) is 0 Å². The van der Waals surface area contributed by atoms with Crippen molar-refractivity contribution in [2.75, 3.05) is 12.9 Å². The van der Waals surface area contributed by atoms with E-state index in [1.807, 2.05) is 54.6 Å². The van der Waals surface area contributed by atoms with Crippen molar-refractivity contribution in [2.24, 2.45) is 16.3 Å². The third-order valence-corrected chi connectivity index (χ3v) is 12.0. The van der Waals surface area contributed by atoms with Crippen LogP contribution in [0.15, 0.2) is 119 Å². The van der Waals surface area contributed by atoms with Gasteiger partial charge in [-0.05, 0) is 56.1 Å². The number of pyridine rings is 1. The van der Waals surface area contributed by atoms with Crippen LogP contribution in [0.1, 0.15) is 65.8 Å². The van der Waals surface area contributed by atoms with Gasteiger partial charge < -0.3 is 15.2 Å². The summed E-state index contributed by atoms with van der Waals surface area (Å²) < 4.78 is 39.4. The van der Waals surface area contributed by atoms with E-state index in [4.69, 9.17) is 9.73 Å². The molecule has 51 heavy (non-hydrogen) atoms. The summed E-state index contributed by atoms with van der Waals surface area (Å²) in [4.78, 5) is 10.1. The topological polar surface area (TPSA) is 66.7 Å². The van der Waals surface area contributed by atoms with E-state index in [9.17, 15) is 5.11 Å². The van der Waals surface area contributed by atoms with E-state index >= 15 is 8.78 Å². The Labute approximate surface area is 310 Å². The van der Waals surface area contributed by atoms with E-state index in [0.29, 0.717) is 23.2 Å². The number of aliphatic hydroxyl groups excluding tert-OH is 1. The third-order valence-electron chi connectivity index (χ3n) is 10.3. The predicted octanol–water partition coefficient (Wildman–Crippen LogP) is 9.51. The van der Waals surface area contributed by atoms with E-state index in [1.165, 1.54) is 12.1 Å². The van der Waals surface area contributed by atoms with Crippen LogP contribution in [-0.4, -0.2) is 28.1 Å². The molecule has 0 saturated carbocycles. The van der Waals surface area contributed by atoms with Gasteiger partial charge in [-0.15, -0.1) is 0 Å². The number of fused-ring (bicyclic) bond motifs is 2. The average Bonchev–Trinajstić information content (AvgIpc) is 3.14. The molecule has 0 fully saturated rings. The number of hydrogen-bond acceptors (Lipinski definition) is 6. The molecule has 1 aliphatic heterocycles. The lowest BCUT2D eigenvalue weighted by atomic mass is 9.67. The summed E-state index contributed by atoms with van der Waals surface area (Å²) in [6.07, 6.45) is 1.18. The first-order valence-corrected chi connectivity index (χ1v) is 18.8. The maximum absolute atomic E-state index is 17.2. The number of thioether (sulfide) groups is 1. The third kappa shape index (κ3) is 6.17. The molecule has 0 radical (unpaired) electrons. The SMILES string of the molecule is COc1ncc(Br)c2c1C[C@]1(c3ccc(F)c(C(O)C(C)(C)C)c3F)N=C(NC(c3ccccc3)(c3ccccc3)c3ccccc3)SC[C@@H]1C2. The normalized spacial score (nSPS) is 19.4. The van der Waals surface area contributed by atoms with Crippen LogP contribution in [0.4, 0.5) is 8.78 Å². The molecule has 1 aromatic heterocycles. The molecule has 5 nitrogen and oxygen atoms in total. The lowest BCUT2D eigenvalue weighted by molar-refractivity contribution is 0.0555. The van der Waals surface area contributed by atoms with Crippen LogP contribution >= 0.6 is 27.7 Å². The predicted molar refractivity (Wildman–Crippen MR) is 204 cm³/mol. The van der Waals surface area contributed by atoms with Crippen LogP contribution in [0.5, 0.6) is 5.88 Å². The zero-order valence-electron chi connectivity index (χ0n) is 29.0. The first-order valence-electron chi connectivity index (χ1n) is 17.0. The van der Waals surface area contributed by atoms with E-state index in [0.717, 1.165) is 32.3 Å². The fourth-order valence-corrected chi connectivity index (χ4v) is 9.35. The number of aromatic nitrogens is 1. The molecule has 2 aliphatic rings. The Morgan fingerprint density at radius 3 is 1.98 bits per heavy atom. The number of aliphatic hydroxyl groups is 1. The summed E-state index contributed by atoms with van der Waals surface area (Å²) in [6, 6.07) is 33.5. The van der Waals surface area contributed by atoms with Crippen molar-refractivity contribution in [1.82, 2.24) is 10.3 Å². The summed E-state index contributed by atoms with van der Waals surface area (Å²) in [7, 11) is 1.58. The Kier molecular flexibility index (Phi) is 9.58. The smallest absolute Gasteiger partial charge is 0.216 e. The van der Waals surface area contributed by atoms with E-state index in [1.54, 1.807) is 45.8 Å². The van der Waals surface area contributed by atoms with Crippen LogP contribution in [0, 0.1) is 23.0 Å². The van der Waals surface area contributed by atoms with Gasteiger partial charge in [-0.3, -0.25) is 4.99 Å². The minimum absolute atomic E-state index is 0.178. The number of nitrogens with zero attached hydrogens (tertiary/aromatic N) is 2. The van der Waals surface area contributed by atoms with Gasteiger partial charge in [-0.25, -0.2) is 13.8 Å². The van der Waals surface area contributed by atoms with Crippen LogP contribution in [-0.2, 0) is 23.9 Å². The summed E-state index contributed by atoms with van der Waals surface area (Å²) in [5.74, 6) is -0.691. The molecule has 1 unspecified atom stereocenters. The highest BCUT2D eigenvalue weighted by atomic mass is 79.9. The van der Waals surface area contributed by atoms with Crippen molar-refractivity contribution < 1.29 is 18.6 Å². The quantitative estimate of drug-likeness (QED) is 0.162. The molecule has 9 heteroatoms. The van der Waals surface area contributed by atoms with Gasteiger partial charge in [-0.2, -0.15) is 0 Å². The summed E-state index contributed by atoms with van der Waals surface area (Å²) >= 11 is 5.31. The van der Waals surface area contributed by atoms with Gasteiger partial charge in [0.15, 0.2) is 5.17 Å². The van der Waals surface area contributed by atoms with Crippen molar-refractivity contribution in [3.63, 3.8) is 0 Å². The number of halogens is 3. The summed E-state index contributed by atoms with van der Waals surface area (Å²) in [5, 5.41) is 15.9. The highest BCUT2D eigenvalue weighted by Gasteiger charge is 2.51. The van der Waals surface area contributed by atoms with Gasteiger partial charge in [0.1, 0.15) is 17.2 Å². The van der Waals surface area contributed by atoms with Crippen molar-refractivity contribution in [1.29, 1.82) is 0 Å². The monoisotopic (exact) mass is 767 g/mol. The van der Waals surface area contributed by atoms with Gasteiger partial charge in [0, 0.05) is 39.9 Å². The molecule has 262 valence electrons. The average molecular weight is 769 g/mol. The number of aliphatic imine (C=N–C) groups is 1. The molecular weight excluding hydrogens is 728 g/mol. The maximum atomic E-state index is 17.2. The second-order valence-electron chi connectivity index (χ2n) is 14.4. The molecule has 0 spiro atoms. The minimum atomic E-state index is -1.38. The number of ether oxygens (including phenoxy) is 1. The highest BCUT2D eigenvalue weighted by molar-refractivity contribution is 9.10. The Morgan fingerprint density at radius 2 is 1.45 bits per heavy atom. The van der Waals surface area contributed by atoms with Crippen molar-refractivity contribution in [2.45, 2.75) is 50.8 Å². The largest absolute Gasteiger partial charge is 0.481 e. The first-order chi connectivity index (χ1) is 24.5. The second-order valence-corrected chi connectivity index (χ2v) is 16.2. The van der Waals surface area contributed by atoms with E-state index < -0.39 is 34.2 Å². The number of rotatable bonds is 7. The molecule has 0 amide bonds. The molecule has 2 N–H and O–H groups in total. The number of amidine groups is 1. The van der Waals surface area contributed by atoms with Crippen LogP contribution in [0.25, 0.3) is 0 Å². The second kappa shape index (κ2) is 13.8. The molecule has 4 aromatic carbocycles. The highest BCUT2D eigenvalue weighted by Crippen LogP contribution is 2.53. The molecule has 2 heterocycles. The van der Waals surface area contributed by atoms with Crippen molar-refractivity contribution >= 4 is 32.9 Å². The Balaban J connectivity index is 1.49. The fourth-order valence-electron chi connectivity index (χ4n) is 7.64. The molecule has 7 rings (SSSR count). The van der Waals surface area contributed by atoms with Gasteiger partial charge in [0.05, 0.1) is 24.3 Å². The molecular formula is C42H40BrF2N3O2S. The lowest BCUT2D eigenvalue weighted by Crippen LogP contribution is -2.52. The maximum Gasteiger partial charge on any atom is 0.216 e. The Morgan fingerprint density at radius 1 is 0.882 bits per heavy atom. The molecule has 1 aliphatic carbocycles. The standard InChI is InChI=1S/C42H40BrF2N3O2S/c1-40(2,3)37(49)35-34(44)21-20-32(36(35)45)41-23-31-30(33(43)24-46-38(31)50-4)22-29(41)25-51-39(47-41)48-42(26-14-8-5-9-15-26,27-16-10-6-11-17-27)28-18-12-7-13-19-28/h5-21,24,29,37,49H,22-23,25H2,1-4H3,(H,47,48)/t29-,37?,41-/m0/s1. The van der Waals surface area contributed by atoms with Crippen molar-refractivity contribution in [3.8, 4) is 5.88 Å². The Bertz CT molecular complexity index is 1980. The molecule has 0 bridgehead atoms. The summed E-state index contributed by atoms with van der Waals surface area (Å²) in [5.41, 5.74) is 1.92. The van der Waals surface area contributed by atoms with Crippen LogP contribution < -0.4 is 10.1 Å². The molecule has 5 aromatic rings. The van der Waals surface area contributed by atoms with Gasteiger partial charge in [0.2, 0.25) is 5.88 Å². The fraction of sp³-hybridized carbons (Fsp3) is 0.286.